The molecule has 2 rings (SSSR count). The summed E-state index contributed by atoms with van der Waals surface area (Å²) >= 11 is 1.61. The van der Waals surface area contributed by atoms with Crippen LogP contribution in [0.25, 0.3) is 0 Å². The highest BCUT2D eigenvalue weighted by Gasteiger charge is 2.17. The van der Waals surface area contributed by atoms with Gasteiger partial charge >= 0.3 is 0 Å². The third-order valence-electron chi connectivity index (χ3n) is 3.24. The molecular formula is C15H19N3O2S. The van der Waals surface area contributed by atoms with Crippen LogP contribution in [-0.2, 0) is 6.42 Å². The molecule has 1 amide bonds. The molecule has 6 heteroatoms. The molecule has 112 valence electrons. The Morgan fingerprint density at radius 2 is 2.14 bits per heavy atom. The first-order valence-corrected chi connectivity index (χ1v) is 7.70. The molecular weight excluding hydrogens is 286 g/mol. The van der Waals surface area contributed by atoms with E-state index in [1.807, 2.05) is 27.7 Å². The number of nitrogens with one attached hydrogen (secondary N) is 2. The Labute approximate surface area is 127 Å². The van der Waals surface area contributed by atoms with Gasteiger partial charge in [0.2, 0.25) is 5.56 Å². The lowest BCUT2D eigenvalue weighted by Gasteiger charge is -2.13. The Morgan fingerprint density at radius 1 is 1.43 bits per heavy atom. The number of pyridine rings is 1. The molecule has 0 bridgehead atoms. The number of carbonyl (C=O) groups is 1. The second kappa shape index (κ2) is 6.22. The van der Waals surface area contributed by atoms with Gasteiger partial charge in [0.05, 0.1) is 16.7 Å². The summed E-state index contributed by atoms with van der Waals surface area (Å²) in [5.41, 5.74) is 1.76. The monoisotopic (exact) mass is 305 g/mol. The maximum absolute atomic E-state index is 12.3. The molecule has 0 spiro atoms. The lowest BCUT2D eigenvalue weighted by Crippen LogP contribution is -2.28. The molecule has 0 fully saturated rings. The van der Waals surface area contributed by atoms with Gasteiger partial charge in [0.1, 0.15) is 0 Å². The zero-order chi connectivity index (χ0) is 15.6. The van der Waals surface area contributed by atoms with Gasteiger partial charge in [-0.15, -0.1) is 11.3 Å². The van der Waals surface area contributed by atoms with E-state index in [0.717, 1.165) is 21.3 Å². The molecule has 0 aliphatic carbocycles. The van der Waals surface area contributed by atoms with Gasteiger partial charge in [0.15, 0.2) is 0 Å². The van der Waals surface area contributed by atoms with Gasteiger partial charge in [0.25, 0.3) is 5.91 Å². The molecule has 0 aromatic carbocycles. The fourth-order valence-electron chi connectivity index (χ4n) is 2.22. The van der Waals surface area contributed by atoms with E-state index >= 15 is 0 Å². The molecule has 0 aliphatic rings. The van der Waals surface area contributed by atoms with Gasteiger partial charge < -0.3 is 10.3 Å². The van der Waals surface area contributed by atoms with E-state index < -0.39 is 0 Å². The van der Waals surface area contributed by atoms with Gasteiger partial charge in [-0.3, -0.25) is 9.59 Å². The quantitative estimate of drug-likeness (QED) is 0.911. The van der Waals surface area contributed by atoms with Crippen LogP contribution in [0.5, 0.6) is 0 Å². The van der Waals surface area contributed by atoms with Gasteiger partial charge in [-0.05, 0) is 33.3 Å². The van der Waals surface area contributed by atoms with Crippen molar-refractivity contribution in [1.82, 2.24) is 15.3 Å². The number of carbonyl (C=O) groups excluding carboxylic acids is 1. The smallest absolute Gasteiger partial charge is 0.252 e. The Kier molecular flexibility index (Phi) is 4.57. The summed E-state index contributed by atoms with van der Waals surface area (Å²) < 4.78 is 0. The highest BCUT2D eigenvalue weighted by Crippen LogP contribution is 2.22. The molecule has 0 saturated carbocycles. The minimum atomic E-state index is -0.257. The van der Waals surface area contributed by atoms with Gasteiger partial charge in [-0.1, -0.05) is 6.92 Å². The molecule has 2 aromatic heterocycles. The van der Waals surface area contributed by atoms with Crippen molar-refractivity contribution in [3.63, 3.8) is 0 Å². The number of H-pyrrole nitrogens is 1. The number of amides is 1. The van der Waals surface area contributed by atoms with Crippen molar-refractivity contribution in [3.8, 4) is 0 Å². The number of hydrogen-bond acceptors (Lipinski definition) is 4. The maximum Gasteiger partial charge on any atom is 0.252 e. The van der Waals surface area contributed by atoms with E-state index in [1.165, 1.54) is 6.07 Å². The summed E-state index contributed by atoms with van der Waals surface area (Å²) in [6, 6.07) is 2.84. The second-order valence-corrected chi connectivity index (χ2v) is 6.39. The van der Waals surface area contributed by atoms with E-state index in [2.05, 4.69) is 15.3 Å². The zero-order valence-electron chi connectivity index (χ0n) is 12.6. The summed E-state index contributed by atoms with van der Waals surface area (Å²) in [6.45, 7) is 7.76. The maximum atomic E-state index is 12.3. The van der Waals surface area contributed by atoms with E-state index in [4.69, 9.17) is 0 Å². The highest BCUT2D eigenvalue weighted by molar-refractivity contribution is 7.11. The number of thiazole rings is 1. The van der Waals surface area contributed by atoms with Crippen molar-refractivity contribution in [2.45, 2.75) is 40.2 Å². The molecule has 21 heavy (non-hydrogen) atoms. The molecule has 0 radical (unpaired) electrons. The Morgan fingerprint density at radius 3 is 2.71 bits per heavy atom. The van der Waals surface area contributed by atoms with Crippen LogP contribution in [0.4, 0.5) is 0 Å². The largest absolute Gasteiger partial charge is 0.344 e. The molecule has 1 atom stereocenters. The number of aromatic amines is 1. The Hall–Kier alpha value is -1.95. The molecule has 2 aromatic rings. The Balaban J connectivity index is 2.20. The fraction of sp³-hybridized carbons (Fsp3) is 0.400. The molecule has 1 unspecified atom stereocenters. The zero-order valence-corrected chi connectivity index (χ0v) is 13.4. The summed E-state index contributed by atoms with van der Waals surface area (Å²) in [6.07, 6.45) is 0.677. The average Bonchev–Trinajstić information content (AvgIpc) is 2.76. The van der Waals surface area contributed by atoms with Gasteiger partial charge in [0, 0.05) is 22.2 Å². The number of nitrogens with zero attached hydrogens (tertiary/aromatic N) is 1. The summed E-state index contributed by atoms with van der Waals surface area (Å²) in [5.74, 6) is -0.256. The van der Waals surface area contributed by atoms with Crippen LogP contribution in [0.1, 0.15) is 51.5 Å². The number of hydrogen-bond donors (Lipinski definition) is 2. The topological polar surface area (TPSA) is 74.8 Å². The molecule has 0 aliphatic heterocycles. The SMILES string of the molecule is CCc1cc(C(=O)NC(C)c2nc(C)sc2C)cc(=O)[nH]1. The lowest BCUT2D eigenvalue weighted by atomic mass is 10.1. The van der Waals surface area contributed by atoms with Gasteiger partial charge in [-0.2, -0.15) is 0 Å². The minimum absolute atomic E-state index is 0.188. The van der Waals surface area contributed by atoms with Crippen LogP contribution in [-0.4, -0.2) is 15.9 Å². The minimum Gasteiger partial charge on any atom is -0.344 e. The van der Waals surface area contributed by atoms with Crippen LogP contribution in [0.3, 0.4) is 0 Å². The van der Waals surface area contributed by atoms with Crippen LogP contribution >= 0.6 is 11.3 Å². The number of aromatic nitrogens is 2. The third kappa shape index (κ3) is 3.58. The van der Waals surface area contributed by atoms with Crippen molar-refractivity contribution >= 4 is 17.2 Å². The Bertz CT molecular complexity index is 718. The summed E-state index contributed by atoms with van der Waals surface area (Å²) in [5, 5.41) is 3.88. The van der Waals surface area contributed by atoms with Crippen molar-refractivity contribution in [2.24, 2.45) is 0 Å². The molecule has 2 heterocycles. The predicted octanol–water partition coefficient (Wildman–Crippen LogP) is 2.50. The van der Waals surface area contributed by atoms with Crippen LogP contribution in [0, 0.1) is 13.8 Å². The average molecular weight is 305 g/mol. The van der Waals surface area contributed by atoms with Crippen molar-refractivity contribution in [2.75, 3.05) is 0 Å². The first kappa shape index (κ1) is 15.4. The van der Waals surface area contributed by atoms with E-state index in [1.54, 1.807) is 17.4 Å². The normalized spacial score (nSPS) is 12.2. The van der Waals surface area contributed by atoms with Crippen molar-refractivity contribution < 1.29 is 4.79 Å². The van der Waals surface area contributed by atoms with Crippen molar-refractivity contribution in [1.29, 1.82) is 0 Å². The highest BCUT2D eigenvalue weighted by atomic mass is 32.1. The summed E-state index contributed by atoms with van der Waals surface area (Å²) in [7, 11) is 0. The van der Waals surface area contributed by atoms with E-state index in [9.17, 15) is 9.59 Å². The summed E-state index contributed by atoms with van der Waals surface area (Å²) in [4.78, 5) is 32.1. The molecule has 2 N–H and O–H groups in total. The van der Waals surface area contributed by atoms with Gasteiger partial charge in [-0.25, -0.2) is 4.98 Å². The first-order valence-electron chi connectivity index (χ1n) is 6.88. The second-order valence-electron chi connectivity index (χ2n) is 4.98. The van der Waals surface area contributed by atoms with Crippen LogP contribution in [0.15, 0.2) is 16.9 Å². The van der Waals surface area contributed by atoms with E-state index in [-0.39, 0.29) is 17.5 Å². The number of rotatable bonds is 4. The van der Waals surface area contributed by atoms with Crippen LogP contribution < -0.4 is 10.9 Å². The van der Waals surface area contributed by atoms with Crippen LogP contribution in [0.2, 0.25) is 0 Å². The molecule has 5 nitrogen and oxygen atoms in total. The van der Waals surface area contributed by atoms with E-state index in [0.29, 0.717) is 12.0 Å². The predicted molar refractivity (Wildman–Crippen MR) is 83.9 cm³/mol. The standard InChI is InChI=1S/C15H19N3O2S/c1-5-12-6-11(7-13(19)18-12)15(20)16-8(2)14-9(3)21-10(4)17-14/h6-8H,5H2,1-4H3,(H,16,20)(H,18,19). The first-order chi connectivity index (χ1) is 9.90. The molecule has 0 saturated heterocycles. The lowest BCUT2D eigenvalue weighted by molar-refractivity contribution is 0.0938. The third-order valence-corrected chi connectivity index (χ3v) is 4.14. The number of aryl methyl sites for hydroxylation is 3. The van der Waals surface area contributed by atoms with Crippen molar-refractivity contribution in [3.05, 3.63) is 49.3 Å². The fourth-order valence-corrected chi connectivity index (χ4v) is 3.13.